The van der Waals surface area contributed by atoms with Crippen LogP contribution in [0.2, 0.25) is 0 Å². The van der Waals surface area contributed by atoms with Crippen molar-refractivity contribution in [3.8, 4) is 23.1 Å². The van der Waals surface area contributed by atoms with Gasteiger partial charge in [-0.25, -0.2) is 4.98 Å². The Hall–Kier alpha value is -3.20. The first-order chi connectivity index (χ1) is 14.7. The largest absolute Gasteiger partial charge is 0.489 e. The lowest BCUT2D eigenvalue weighted by molar-refractivity contribution is 0.306. The van der Waals surface area contributed by atoms with Crippen LogP contribution in [0.15, 0.2) is 88.7 Å². The van der Waals surface area contributed by atoms with Crippen molar-refractivity contribution < 1.29 is 4.74 Å². The minimum Gasteiger partial charge on any atom is -0.489 e. The summed E-state index contributed by atoms with van der Waals surface area (Å²) in [6.07, 6.45) is 1.85. The van der Waals surface area contributed by atoms with Gasteiger partial charge in [0, 0.05) is 15.4 Å². The maximum atomic E-state index is 9.64. The number of aromatic nitrogens is 1. The Labute approximate surface area is 188 Å². The van der Waals surface area contributed by atoms with E-state index in [-0.39, 0.29) is 0 Å². The number of nitriles is 1. The Morgan fingerprint density at radius 3 is 2.43 bits per heavy atom. The average molecular weight is 473 g/mol. The Balaban J connectivity index is 1.47. The molecule has 0 N–H and O–H groups in total. The van der Waals surface area contributed by atoms with Gasteiger partial charge in [-0.15, -0.1) is 11.3 Å². The van der Waals surface area contributed by atoms with Crippen LogP contribution < -0.4 is 4.74 Å². The maximum Gasteiger partial charge on any atom is 0.134 e. The number of thiazole rings is 1. The number of nitrogens with zero attached hydrogens (tertiary/aromatic N) is 2. The highest BCUT2D eigenvalue weighted by molar-refractivity contribution is 9.10. The number of hydrogen-bond donors (Lipinski definition) is 0. The van der Waals surface area contributed by atoms with Crippen molar-refractivity contribution in [2.24, 2.45) is 0 Å². The molecule has 0 saturated carbocycles. The van der Waals surface area contributed by atoms with Crippen LogP contribution in [0.1, 0.15) is 16.1 Å². The fraction of sp³-hybridized carbons (Fsp3) is 0.0400. The Bertz CT molecular complexity index is 1190. The summed E-state index contributed by atoms with van der Waals surface area (Å²) in [5.41, 5.74) is 4.49. The second-order valence-corrected chi connectivity index (χ2v) is 8.33. The maximum absolute atomic E-state index is 9.64. The van der Waals surface area contributed by atoms with E-state index >= 15 is 0 Å². The van der Waals surface area contributed by atoms with Crippen molar-refractivity contribution in [1.29, 1.82) is 5.26 Å². The van der Waals surface area contributed by atoms with E-state index in [1.165, 1.54) is 11.3 Å². The van der Waals surface area contributed by atoms with E-state index in [0.717, 1.165) is 32.6 Å². The molecule has 3 nitrogen and oxygen atoms in total. The minimum absolute atomic E-state index is 0.525. The molecule has 0 saturated heterocycles. The average Bonchev–Trinajstić information content (AvgIpc) is 3.28. The van der Waals surface area contributed by atoms with Crippen LogP contribution in [0.25, 0.3) is 22.9 Å². The Morgan fingerprint density at radius 1 is 1.00 bits per heavy atom. The van der Waals surface area contributed by atoms with E-state index in [2.05, 4.69) is 27.0 Å². The topological polar surface area (TPSA) is 45.9 Å². The summed E-state index contributed by atoms with van der Waals surface area (Å²) < 4.78 is 6.85. The van der Waals surface area contributed by atoms with Crippen LogP contribution in [0.3, 0.4) is 0 Å². The van der Waals surface area contributed by atoms with Crippen molar-refractivity contribution in [2.45, 2.75) is 6.61 Å². The zero-order chi connectivity index (χ0) is 20.8. The molecule has 0 bridgehead atoms. The van der Waals surface area contributed by atoms with Crippen molar-refractivity contribution in [3.05, 3.63) is 105 Å². The molecule has 0 aliphatic heterocycles. The molecule has 0 aliphatic rings. The molecular formula is C25H17BrN2OS. The molecule has 4 aromatic rings. The first-order valence-electron chi connectivity index (χ1n) is 9.32. The molecule has 0 unspecified atom stereocenters. The third-order valence-electron chi connectivity index (χ3n) is 4.43. The lowest BCUT2D eigenvalue weighted by Gasteiger charge is -2.06. The highest BCUT2D eigenvalue weighted by atomic mass is 79.9. The molecule has 0 fully saturated rings. The predicted molar refractivity (Wildman–Crippen MR) is 126 cm³/mol. The van der Waals surface area contributed by atoms with E-state index in [9.17, 15) is 5.26 Å². The van der Waals surface area contributed by atoms with E-state index in [1.54, 1.807) is 0 Å². The summed E-state index contributed by atoms with van der Waals surface area (Å²) in [6, 6.07) is 28.0. The number of benzene rings is 3. The van der Waals surface area contributed by atoms with E-state index < -0.39 is 0 Å². The van der Waals surface area contributed by atoms with Crippen LogP contribution in [-0.2, 0) is 6.61 Å². The summed E-state index contributed by atoms with van der Waals surface area (Å²) in [5, 5.41) is 12.3. The molecule has 0 aliphatic carbocycles. The van der Waals surface area contributed by atoms with Gasteiger partial charge < -0.3 is 4.74 Å². The highest BCUT2D eigenvalue weighted by Crippen LogP contribution is 2.28. The van der Waals surface area contributed by atoms with Gasteiger partial charge in [-0.05, 0) is 41.5 Å². The smallest absolute Gasteiger partial charge is 0.134 e. The summed E-state index contributed by atoms with van der Waals surface area (Å²) in [5.74, 6) is 0.793. The second kappa shape index (κ2) is 9.53. The van der Waals surface area contributed by atoms with Gasteiger partial charge in [-0.1, -0.05) is 70.5 Å². The molecule has 146 valence electrons. The van der Waals surface area contributed by atoms with Crippen molar-refractivity contribution in [1.82, 2.24) is 4.98 Å². The van der Waals surface area contributed by atoms with Crippen molar-refractivity contribution >= 4 is 38.9 Å². The van der Waals surface area contributed by atoms with Crippen LogP contribution >= 0.6 is 27.3 Å². The molecule has 5 heteroatoms. The molecule has 30 heavy (non-hydrogen) atoms. The number of rotatable bonds is 6. The second-order valence-electron chi connectivity index (χ2n) is 6.56. The van der Waals surface area contributed by atoms with Gasteiger partial charge in [-0.2, -0.15) is 5.26 Å². The lowest BCUT2D eigenvalue weighted by atomic mass is 10.1. The van der Waals surface area contributed by atoms with Gasteiger partial charge in [-0.3, -0.25) is 0 Å². The molecule has 4 rings (SSSR count). The van der Waals surface area contributed by atoms with E-state index in [4.69, 9.17) is 4.74 Å². The predicted octanol–water partition coefficient (Wildman–Crippen LogP) is 7.22. The molecule has 3 aromatic carbocycles. The fourth-order valence-corrected chi connectivity index (χ4v) is 3.92. The van der Waals surface area contributed by atoms with E-state index in [0.29, 0.717) is 17.2 Å². The molecule has 0 atom stereocenters. The first kappa shape index (κ1) is 20.1. The number of hydrogen-bond acceptors (Lipinski definition) is 4. The molecule has 0 spiro atoms. The molecule has 0 radical (unpaired) electrons. The monoisotopic (exact) mass is 472 g/mol. The summed E-state index contributed by atoms with van der Waals surface area (Å²) in [7, 11) is 0. The van der Waals surface area contributed by atoms with Crippen molar-refractivity contribution in [2.75, 3.05) is 0 Å². The zero-order valence-electron chi connectivity index (χ0n) is 16.0. The van der Waals surface area contributed by atoms with Crippen molar-refractivity contribution in [3.63, 3.8) is 0 Å². The number of allylic oxidation sites excluding steroid dienone is 1. The van der Waals surface area contributed by atoms with Crippen LogP contribution in [0.5, 0.6) is 5.75 Å². The third-order valence-corrected chi connectivity index (χ3v) is 5.84. The van der Waals surface area contributed by atoms with Crippen LogP contribution in [-0.4, -0.2) is 4.98 Å². The fourth-order valence-electron chi connectivity index (χ4n) is 2.86. The number of ether oxygens (including phenoxy) is 1. The van der Waals surface area contributed by atoms with E-state index in [1.807, 2.05) is 90.3 Å². The van der Waals surface area contributed by atoms with Gasteiger partial charge in [0.25, 0.3) is 0 Å². The highest BCUT2D eigenvalue weighted by Gasteiger charge is 2.09. The zero-order valence-corrected chi connectivity index (χ0v) is 18.4. The summed E-state index contributed by atoms with van der Waals surface area (Å²) in [6.45, 7) is 0.525. The minimum atomic E-state index is 0.525. The van der Waals surface area contributed by atoms with Gasteiger partial charge in [0.2, 0.25) is 0 Å². The first-order valence-corrected chi connectivity index (χ1v) is 11.0. The Kier molecular flexibility index (Phi) is 6.38. The van der Waals surface area contributed by atoms with Gasteiger partial charge in [0.15, 0.2) is 0 Å². The molecule has 0 amide bonds. The quantitative estimate of drug-likeness (QED) is 0.278. The van der Waals surface area contributed by atoms with Crippen LogP contribution in [0.4, 0.5) is 0 Å². The standard InChI is InChI=1S/C25H17BrN2OS/c26-22-10-8-20(9-11-22)24-17-30-25(28-24)21(15-27)14-18-6-12-23(13-7-18)29-16-19-4-2-1-3-5-19/h1-14,17H,16H2/b21-14-. The summed E-state index contributed by atoms with van der Waals surface area (Å²) >= 11 is 4.91. The molecule has 1 heterocycles. The van der Waals surface area contributed by atoms with Crippen LogP contribution in [0, 0.1) is 11.3 Å². The van der Waals surface area contributed by atoms with Gasteiger partial charge in [0.1, 0.15) is 23.4 Å². The number of halogens is 1. The van der Waals surface area contributed by atoms with Gasteiger partial charge >= 0.3 is 0 Å². The van der Waals surface area contributed by atoms with Gasteiger partial charge in [0.05, 0.1) is 11.3 Å². The third kappa shape index (κ3) is 5.04. The molecule has 1 aromatic heterocycles. The Morgan fingerprint density at radius 2 is 1.73 bits per heavy atom. The normalized spacial score (nSPS) is 11.1. The summed E-state index contributed by atoms with van der Waals surface area (Å²) in [4.78, 5) is 4.65. The molecular weight excluding hydrogens is 456 g/mol. The lowest BCUT2D eigenvalue weighted by Crippen LogP contribution is -1.94. The SMILES string of the molecule is N#C/C(=C/c1ccc(OCc2ccccc2)cc1)c1nc(-c2ccc(Br)cc2)cs1.